The van der Waals surface area contributed by atoms with Crippen molar-refractivity contribution in [2.75, 3.05) is 13.7 Å². The number of nitrogens with zero attached hydrogens (tertiary/aromatic N) is 1. The summed E-state index contributed by atoms with van der Waals surface area (Å²) in [5.74, 6) is 0.878. The largest absolute Gasteiger partial charge is 0.497 e. The maximum Gasteiger partial charge on any atom is 0.217 e. The molecule has 0 unspecified atom stereocenters. The minimum atomic E-state index is 0.513. The first-order valence-electron chi connectivity index (χ1n) is 4.87. The fourth-order valence-electron chi connectivity index (χ4n) is 1.83. The molecule has 0 amide bonds. The molecule has 14 heavy (non-hydrogen) atoms. The quantitative estimate of drug-likeness (QED) is 0.636. The number of hydrogen-bond acceptors (Lipinski definition) is 2. The zero-order valence-electron chi connectivity index (χ0n) is 8.32. The minimum Gasteiger partial charge on any atom is -0.497 e. The zero-order chi connectivity index (χ0) is 9.97. The molecule has 1 heterocycles. The molecule has 0 aliphatic carbocycles. The SMILES string of the molecule is COc1ccc2c(c1)CCC[N+](=O)C2. The number of fused-ring (bicyclic) bond motifs is 1. The normalized spacial score (nSPS) is 15.9. The molecule has 1 aromatic carbocycles. The second kappa shape index (κ2) is 3.78. The summed E-state index contributed by atoms with van der Waals surface area (Å²) in [5, 5.41) is 0. The van der Waals surface area contributed by atoms with Gasteiger partial charge in [-0.05, 0) is 30.2 Å². The molecule has 1 aliphatic rings. The Bertz CT molecular complexity index is 360. The molecule has 3 heteroatoms. The number of methoxy groups -OCH3 is 1. The maximum absolute atomic E-state index is 11.3. The van der Waals surface area contributed by atoms with Gasteiger partial charge < -0.3 is 4.74 Å². The fourth-order valence-corrected chi connectivity index (χ4v) is 1.83. The van der Waals surface area contributed by atoms with Crippen LogP contribution in [-0.4, -0.2) is 18.4 Å². The van der Waals surface area contributed by atoms with Crippen LogP contribution in [0.1, 0.15) is 17.5 Å². The Labute approximate surface area is 83.3 Å². The van der Waals surface area contributed by atoms with E-state index >= 15 is 0 Å². The van der Waals surface area contributed by atoms with Crippen molar-refractivity contribution >= 4 is 0 Å². The van der Waals surface area contributed by atoms with E-state index < -0.39 is 0 Å². The van der Waals surface area contributed by atoms with Gasteiger partial charge in [0.2, 0.25) is 6.54 Å². The lowest BCUT2D eigenvalue weighted by molar-refractivity contribution is -0.563. The third-order valence-electron chi connectivity index (χ3n) is 2.61. The van der Waals surface area contributed by atoms with Crippen molar-refractivity contribution in [3.8, 4) is 5.75 Å². The van der Waals surface area contributed by atoms with Crippen molar-refractivity contribution in [2.45, 2.75) is 19.4 Å². The third kappa shape index (κ3) is 1.76. The molecule has 0 bridgehead atoms. The predicted octanol–water partition coefficient (Wildman–Crippen LogP) is 1.92. The predicted molar refractivity (Wildman–Crippen MR) is 53.5 cm³/mol. The van der Waals surface area contributed by atoms with Crippen LogP contribution in [0.4, 0.5) is 0 Å². The second-order valence-electron chi connectivity index (χ2n) is 3.60. The highest BCUT2D eigenvalue weighted by Crippen LogP contribution is 2.21. The lowest BCUT2D eigenvalue weighted by Crippen LogP contribution is -2.06. The Balaban J connectivity index is 2.35. The van der Waals surface area contributed by atoms with Crippen molar-refractivity contribution in [2.24, 2.45) is 0 Å². The summed E-state index contributed by atoms with van der Waals surface area (Å²) in [4.78, 5) is 11.3. The number of hydrogen-bond donors (Lipinski definition) is 0. The first-order valence-corrected chi connectivity index (χ1v) is 4.87. The molecular formula is C11H14NO2+. The number of nitroso groups, excluding NO2 is 1. The molecular weight excluding hydrogens is 178 g/mol. The van der Waals surface area contributed by atoms with Crippen LogP contribution >= 0.6 is 0 Å². The van der Waals surface area contributed by atoms with Gasteiger partial charge in [0, 0.05) is 21.7 Å². The van der Waals surface area contributed by atoms with E-state index in [9.17, 15) is 4.91 Å². The zero-order valence-corrected chi connectivity index (χ0v) is 8.32. The Morgan fingerprint density at radius 3 is 3.00 bits per heavy atom. The van der Waals surface area contributed by atoms with E-state index in [1.165, 1.54) is 5.56 Å². The van der Waals surface area contributed by atoms with E-state index in [1.54, 1.807) is 7.11 Å². The van der Waals surface area contributed by atoms with Crippen molar-refractivity contribution in [3.63, 3.8) is 0 Å². The summed E-state index contributed by atoms with van der Waals surface area (Å²) < 4.78 is 6.28. The van der Waals surface area contributed by atoms with Gasteiger partial charge in [0.1, 0.15) is 5.75 Å². The molecule has 0 saturated heterocycles. The molecule has 0 fully saturated rings. The summed E-state index contributed by atoms with van der Waals surface area (Å²) >= 11 is 0. The van der Waals surface area contributed by atoms with E-state index in [1.807, 2.05) is 18.2 Å². The van der Waals surface area contributed by atoms with Crippen LogP contribution in [0.3, 0.4) is 0 Å². The van der Waals surface area contributed by atoms with Gasteiger partial charge >= 0.3 is 0 Å². The van der Waals surface area contributed by atoms with Crippen LogP contribution in [0.25, 0.3) is 0 Å². The smallest absolute Gasteiger partial charge is 0.217 e. The van der Waals surface area contributed by atoms with Gasteiger partial charge in [-0.1, -0.05) is 0 Å². The average Bonchev–Trinajstić information content (AvgIpc) is 2.37. The molecule has 1 aliphatic heterocycles. The maximum atomic E-state index is 11.3. The second-order valence-corrected chi connectivity index (χ2v) is 3.60. The van der Waals surface area contributed by atoms with Gasteiger partial charge in [-0.3, -0.25) is 0 Å². The fraction of sp³-hybridized carbons (Fsp3) is 0.455. The standard InChI is InChI=1S/C11H14NO2/c1-14-11-5-4-10-8-12(13)6-2-3-9(10)7-11/h4-5,7H,2-3,6,8H2,1H3/q+1. The Kier molecular flexibility index (Phi) is 2.48. The van der Waals surface area contributed by atoms with E-state index in [0.717, 1.165) is 28.9 Å². The van der Waals surface area contributed by atoms with Gasteiger partial charge in [-0.25, -0.2) is 0 Å². The van der Waals surface area contributed by atoms with Gasteiger partial charge in [-0.2, -0.15) is 0 Å². The molecule has 1 aromatic rings. The lowest BCUT2D eigenvalue weighted by Gasteiger charge is -2.04. The highest BCUT2D eigenvalue weighted by Gasteiger charge is 2.18. The molecule has 0 radical (unpaired) electrons. The summed E-state index contributed by atoms with van der Waals surface area (Å²) in [5.41, 5.74) is 2.39. The van der Waals surface area contributed by atoms with Crippen LogP contribution in [0.15, 0.2) is 18.2 Å². The van der Waals surface area contributed by atoms with Crippen molar-refractivity contribution < 1.29 is 9.50 Å². The van der Waals surface area contributed by atoms with Crippen LogP contribution < -0.4 is 4.74 Å². The number of aryl methyl sites for hydroxylation is 1. The van der Waals surface area contributed by atoms with E-state index in [2.05, 4.69) is 0 Å². The van der Waals surface area contributed by atoms with E-state index in [-0.39, 0.29) is 0 Å². The van der Waals surface area contributed by atoms with E-state index in [4.69, 9.17) is 4.74 Å². The number of benzene rings is 1. The number of rotatable bonds is 1. The minimum absolute atomic E-state index is 0.513. The molecule has 0 spiro atoms. The van der Waals surface area contributed by atoms with Crippen LogP contribution in [0.2, 0.25) is 0 Å². The third-order valence-corrected chi connectivity index (χ3v) is 2.61. The van der Waals surface area contributed by atoms with Crippen LogP contribution in [0.5, 0.6) is 5.75 Å². The summed E-state index contributed by atoms with van der Waals surface area (Å²) in [6, 6.07) is 5.94. The first-order chi connectivity index (χ1) is 6.79. The average molecular weight is 192 g/mol. The van der Waals surface area contributed by atoms with Crippen molar-refractivity contribution in [1.82, 2.24) is 0 Å². The number of ether oxygens (including phenoxy) is 1. The Hall–Kier alpha value is -1.38. The van der Waals surface area contributed by atoms with Gasteiger partial charge in [0.05, 0.1) is 7.11 Å². The first kappa shape index (κ1) is 9.19. The molecule has 0 N–H and O–H groups in total. The van der Waals surface area contributed by atoms with Gasteiger partial charge in [0.15, 0.2) is 6.54 Å². The topological polar surface area (TPSA) is 29.3 Å². The molecule has 74 valence electrons. The summed E-state index contributed by atoms with van der Waals surface area (Å²) in [6.07, 6.45) is 1.91. The molecule has 2 rings (SSSR count). The highest BCUT2D eigenvalue weighted by molar-refractivity contribution is 5.35. The van der Waals surface area contributed by atoms with Gasteiger partial charge in [-0.15, -0.1) is 0 Å². The van der Waals surface area contributed by atoms with Gasteiger partial charge in [0.25, 0.3) is 0 Å². The van der Waals surface area contributed by atoms with Crippen LogP contribution in [-0.2, 0) is 13.0 Å². The Morgan fingerprint density at radius 1 is 1.36 bits per heavy atom. The lowest BCUT2D eigenvalue weighted by atomic mass is 10.0. The molecule has 0 saturated carbocycles. The molecule has 0 aromatic heterocycles. The van der Waals surface area contributed by atoms with E-state index in [0.29, 0.717) is 13.1 Å². The van der Waals surface area contributed by atoms with Crippen molar-refractivity contribution in [1.29, 1.82) is 0 Å². The molecule has 3 nitrogen and oxygen atoms in total. The summed E-state index contributed by atoms with van der Waals surface area (Å²) in [6.45, 7) is 1.15. The molecule has 0 atom stereocenters. The Morgan fingerprint density at radius 2 is 2.21 bits per heavy atom. The van der Waals surface area contributed by atoms with Crippen LogP contribution in [0, 0.1) is 4.91 Å². The summed E-state index contributed by atoms with van der Waals surface area (Å²) in [7, 11) is 1.67. The monoisotopic (exact) mass is 192 g/mol. The van der Waals surface area contributed by atoms with Crippen molar-refractivity contribution in [3.05, 3.63) is 34.2 Å². The highest BCUT2D eigenvalue weighted by atomic mass is 16.5.